The molecule has 1 atom stereocenters. The fourth-order valence-corrected chi connectivity index (χ4v) is 2.22. The molecule has 21 heavy (non-hydrogen) atoms. The molecule has 0 spiro atoms. The van der Waals surface area contributed by atoms with E-state index < -0.39 is 11.9 Å². The van der Waals surface area contributed by atoms with E-state index in [-0.39, 0.29) is 12.8 Å². The second-order valence-electron chi connectivity index (χ2n) is 5.16. The molecule has 0 bridgehead atoms. The van der Waals surface area contributed by atoms with Crippen LogP contribution in [0.15, 0.2) is 18.3 Å². The van der Waals surface area contributed by atoms with Gasteiger partial charge in [0.15, 0.2) is 0 Å². The number of likely N-dealkylation sites (tertiary alicyclic amines) is 1. The zero-order valence-corrected chi connectivity index (χ0v) is 12.5. The molecule has 0 radical (unpaired) electrons. The predicted molar refractivity (Wildman–Crippen MR) is 78.1 cm³/mol. The number of aliphatic carboxylic acids is 2. The maximum Gasteiger partial charge on any atom is 0.303 e. The Hall–Kier alpha value is -1.95. The normalized spacial score (nSPS) is 17.9. The molecular formula is C15H22N2O4. The fraction of sp³-hybridized carbons (Fsp3) is 0.533. The molecule has 2 heterocycles. The van der Waals surface area contributed by atoms with Crippen molar-refractivity contribution < 1.29 is 19.8 Å². The number of nitrogens with zero attached hydrogens (tertiary/aromatic N) is 2. The van der Waals surface area contributed by atoms with Gasteiger partial charge in [-0.25, -0.2) is 0 Å². The molecule has 0 saturated carbocycles. The van der Waals surface area contributed by atoms with E-state index in [0.717, 1.165) is 5.69 Å². The first-order valence-electron chi connectivity index (χ1n) is 6.96. The summed E-state index contributed by atoms with van der Waals surface area (Å²) in [5.41, 5.74) is 2.47. The van der Waals surface area contributed by atoms with Crippen molar-refractivity contribution in [3.05, 3.63) is 29.6 Å². The van der Waals surface area contributed by atoms with Crippen LogP contribution in [0, 0.1) is 6.92 Å². The first-order chi connectivity index (χ1) is 9.90. The number of carbonyl (C=O) groups is 2. The van der Waals surface area contributed by atoms with Gasteiger partial charge in [0, 0.05) is 17.9 Å². The van der Waals surface area contributed by atoms with Crippen LogP contribution in [0.25, 0.3) is 0 Å². The highest BCUT2D eigenvalue weighted by Crippen LogP contribution is 2.29. The van der Waals surface area contributed by atoms with Gasteiger partial charge in [0.25, 0.3) is 0 Å². The zero-order chi connectivity index (χ0) is 15.8. The summed E-state index contributed by atoms with van der Waals surface area (Å²) in [4.78, 5) is 26.0. The number of rotatable bonds is 4. The van der Waals surface area contributed by atoms with E-state index in [2.05, 4.69) is 29.1 Å². The van der Waals surface area contributed by atoms with Crippen LogP contribution < -0.4 is 0 Å². The van der Waals surface area contributed by atoms with Gasteiger partial charge in [-0.3, -0.25) is 19.5 Å². The van der Waals surface area contributed by atoms with E-state index in [1.807, 2.05) is 13.1 Å². The smallest absolute Gasteiger partial charge is 0.303 e. The largest absolute Gasteiger partial charge is 0.481 e. The van der Waals surface area contributed by atoms with Crippen LogP contribution in [0.5, 0.6) is 0 Å². The van der Waals surface area contributed by atoms with Gasteiger partial charge in [-0.05, 0) is 45.0 Å². The standard InChI is InChI=1S/C11H16N2.C4H6O4/c1-9-5-6-10(8-12-9)11-4-3-7-13(11)2;5-3(6)1-2-4(7)8/h5-6,8,11H,3-4,7H2,1-2H3;1-2H2,(H,5,6)(H,7,8). The lowest BCUT2D eigenvalue weighted by Gasteiger charge is -2.19. The number of pyridine rings is 1. The van der Waals surface area contributed by atoms with Crippen LogP contribution in [-0.2, 0) is 9.59 Å². The molecule has 116 valence electrons. The van der Waals surface area contributed by atoms with E-state index in [9.17, 15) is 9.59 Å². The lowest BCUT2D eigenvalue weighted by molar-refractivity contribution is -0.143. The molecule has 1 aromatic rings. The number of aromatic nitrogens is 1. The molecule has 1 aliphatic heterocycles. The van der Waals surface area contributed by atoms with Gasteiger partial charge in [0.05, 0.1) is 12.8 Å². The highest BCUT2D eigenvalue weighted by Gasteiger charge is 2.22. The first-order valence-corrected chi connectivity index (χ1v) is 6.96. The van der Waals surface area contributed by atoms with E-state index in [0.29, 0.717) is 6.04 Å². The molecule has 2 N–H and O–H groups in total. The van der Waals surface area contributed by atoms with E-state index in [1.54, 1.807) is 0 Å². The van der Waals surface area contributed by atoms with Crippen LogP contribution in [-0.4, -0.2) is 45.6 Å². The summed E-state index contributed by atoms with van der Waals surface area (Å²) in [5.74, 6) is -2.15. The molecule has 1 saturated heterocycles. The quantitative estimate of drug-likeness (QED) is 0.883. The number of aryl methyl sites for hydroxylation is 1. The summed E-state index contributed by atoms with van der Waals surface area (Å²) in [6.07, 6.45) is 4.02. The Morgan fingerprint density at radius 1 is 1.29 bits per heavy atom. The maximum atomic E-state index is 9.64. The summed E-state index contributed by atoms with van der Waals surface area (Å²) in [5, 5.41) is 15.8. The highest BCUT2D eigenvalue weighted by atomic mass is 16.4. The number of carboxylic acid groups (broad SMARTS) is 2. The second-order valence-corrected chi connectivity index (χ2v) is 5.16. The minimum atomic E-state index is -1.08. The number of hydrogen-bond donors (Lipinski definition) is 2. The van der Waals surface area contributed by atoms with Gasteiger partial charge >= 0.3 is 11.9 Å². The molecule has 1 aliphatic rings. The lowest BCUT2D eigenvalue weighted by Crippen LogP contribution is -2.17. The molecule has 0 aromatic carbocycles. The third-order valence-electron chi connectivity index (χ3n) is 3.39. The van der Waals surface area contributed by atoms with Gasteiger partial charge in [0.1, 0.15) is 0 Å². The van der Waals surface area contributed by atoms with Crippen LogP contribution in [0.1, 0.15) is 43.0 Å². The zero-order valence-electron chi connectivity index (χ0n) is 12.5. The van der Waals surface area contributed by atoms with E-state index in [1.165, 1.54) is 24.9 Å². The molecule has 1 aromatic heterocycles. The number of carboxylic acids is 2. The van der Waals surface area contributed by atoms with Gasteiger partial charge in [-0.15, -0.1) is 0 Å². The summed E-state index contributed by atoms with van der Waals surface area (Å²) in [6, 6.07) is 4.91. The van der Waals surface area contributed by atoms with Crippen molar-refractivity contribution in [2.45, 2.75) is 38.6 Å². The third kappa shape index (κ3) is 6.35. The van der Waals surface area contributed by atoms with Crippen molar-refractivity contribution in [2.24, 2.45) is 0 Å². The van der Waals surface area contributed by atoms with Gasteiger partial charge in [-0.2, -0.15) is 0 Å². The molecule has 6 nitrogen and oxygen atoms in total. The lowest BCUT2D eigenvalue weighted by atomic mass is 10.1. The summed E-state index contributed by atoms with van der Waals surface area (Å²) >= 11 is 0. The Kier molecular flexibility index (Phi) is 6.81. The van der Waals surface area contributed by atoms with Crippen LogP contribution in [0.4, 0.5) is 0 Å². The maximum absolute atomic E-state index is 9.64. The molecular weight excluding hydrogens is 272 g/mol. The van der Waals surface area contributed by atoms with Crippen molar-refractivity contribution in [3.8, 4) is 0 Å². The Balaban J connectivity index is 0.000000240. The average molecular weight is 294 g/mol. The average Bonchev–Trinajstić information content (AvgIpc) is 2.84. The van der Waals surface area contributed by atoms with E-state index >= 15 is 0 Å². The Labute approximate surface area is 124 Å². The SMILES string of the molecule is Cc1ccc(C2CCCN2C)cn1.O=C(O)CCC(=O)O. The van der Waals surface area contributed by atoms with Crippen LogP contribution in [0.3, 0.4) is 0 Å². The van der Waals surface area contributed by atoms with Crippen molar-refractivity contribution >= 4 is 11.9 Å². The molecule has 0 amide bonds. The van der Waals surface area contributed by atoms with E-state index in [4.69, 9.17) is 10.2 Å². The fourth-order valence-electron chi connectivity index (χ4n) is 2.22. The van der Waals surface area contributed by atoms with Crippen molar-refractivity contribution in [2.75, 3.05) is 13.6 Å². The number of hydrogen-bond acceptors (Lipinski definition) is 4. The third-order valence-corrected chi connectivity index (χ3v) is 3.39. The first kappa shape index (κ1) is 17.1. The predicted octanol–water partition coefficient (Wildman–Crippen LogP) is 2.09. The summed E-state index contributed by atoms with van der Waals surface area (Å²) in [6.45, 7) is 3.25. The molecule has 1 fully saturated rings. The minimum absolute atomic E-state index is 0.296. The van der Waals surface area contributed by atoms with Gasteiger partial charge in [-0.1, -0.05) is 6.07 Å². The summed E-state index contributed by atoms with van der Waals surface area (Å²) in [7, 11) is 2.19. The molecule has 0 aliphatic carbocycles. The van der Waals surface area contributed by atoms with Gasteiger partial charge < -0.3 is 10.2 Å². The van der Waals surface area contributed by atoms with Gasteiger partial charge in [0.2, 0.25) is 0 Å². The molecule has 2 rings (SSSR count). The van der Waals surface area contributed by atoms with Crippen LogP contribution in [0.2, 0.25) is 0 Å². The Bertz CT molecular complexity index is 459. The topological polar surface area (TPSA) is 90.7 Å². The van der Waals surface area contributed by atoms with Crippen molar-refractivity contribution in [1.29, 1.82) is 0 Å². The Morgan fingerprint density at radius 3 is 2.29 bits per heavy atom. The highest BCUT2D eigenvalue weighted by molar-refractivity contribution is 5.75. The Morgan fingerprint density at radius 2 is 1.90 bits per heavy atom. The van der Waals surface area contributed by atoms with Crippen LogP contribution >= 0.6 is 0 Å². The molecule has 1 unspecified atom stereocenters. The second kappa shape index (κ2) is 8.36. The van der Waals surface area contributed by atoms with Crippen molar-refractivity contribution in [1.82, 2.24) is 9.88 Å². The minimum Gasteiger partial charge on any atom is -0.481 e. The monoisotopic (exact) mass is 294 g/mol. The summed E-state index contributed by atoms with van der Waals surface area (Å²) < 4.78 is 0. The molecule has 6 heteroatoms. The van der Waals surface area contributed by atoms with Crippen molar-refractivity contribution in [3.63, 3.8) is 0 Å².